The summed E-state index contributed by atoms with van der Waals surface area (Å²) >= 11 is 0. The topological polar surface area (TPSA) is 70.2 Å². The highest BCUT2D eigenvalue weighted by Crippen LogP contribution is 2.24. The third kappa shape index (κ3) is 3.96. The van der Waals surface area contributed by atoms with Crippen molar-refractivity contribution in [3.63, 3.8) is 0 Å². The van der Waals surface area contributed by atoms with Crippen molar-refractivity contribution in [3.05, 3.63) is 53.6 Å². The molecule has 3 aromatic rings. The molecule has 6 heteroatoms. The molecule has 1 atom stereocenters. The number of fused-ring (bicyclic) bond motifs is 1. The van der Waals surface area contributed by atoms with Crippen molar-refractivity contribution < 1.29 is 9.53 Å². The van der Waals surface area contributed by atoms with Gasteiger partial charge in [0, 0.05) is 19.6 Å². The van der Waals surface area contributed by atoms with Gasteiger partial charge >= 0.3 is 0 Å². The monoisotopic (exact) mass is 378 g/mol. The SMILES string of the molecule is COc1cccc(CNC(=O)C2CCCN(c3nc4ccc(C)cc4[nH]3)C2)c1. The lowest BCUT2D eigenvalue weighted by Gasteiger charge is -2.31. The molecule has 2 heterocycles. The third-order valence-electron chi connectivity index (χ3n) is 5.32. The molecule has 28 heavy (non-hydrogen) atoms. The number of carbonyl (C=O) groups excluding carboxylic acids is 1. The van der Waals surface area contributed by atoms with Gasteiger partial charge in [-0.05, 0) is 55.2 Å². The number of ether oxygens (including phenoxy) is 1. The van der Waals surface area contributed by atoms with Gasteiger partial charge in [0.15, 0.2) is 0 Å². The van der Waals surface area contributed by atoms with Crippen LogP contribution in [-0.4, -0.2) is 36.1 Å². The summed E-state index contributed by atoms with van der Waals surface area (Å²) in [6.07, 6.45) is 1.88. The van der Waals surface area contributed by atoms with Crippen LogP contribution in [0.5, 0.6) is 5.75 Å². The fourth-order valence-electron chi connectivity index (χ4n) is 3.76. The zero-order chi connectivity index (χ0) is 19.5. The van der Waals surface area contributed by atoms with Crippen molar-refractivity contribution in [2.75, 3.05) is 25.1 Å². The minimum atomic E-state index is -0.0330. The van der Waals surface area contributed by atoms with Crippen LogP contribution in [0.25, 0.3) is 11.0 Å². The van der Waals surface area contributed by atoms with E-state index >= 15 is 0 Å². The van der Waals surface area contributed by atoms with Crippen molar-refractivity contribution in [3.8, 4) is 5.75 Å². The lowest BCUT2D eigenvalue weighted by Crippen LogP contribution is -2.43. The Bertz CT molecular complexity index is 982. The van der Waals surface area contributed by atoms with Gasteiger partial charge in [-0.2, -0.15) is 0 Å². The van der Waals surface area contributed by atoms with Crippen LogP contribution in [0.2, 0.25) is 0 Å². The van der Waals surface area contributed by atoms with Gasteiger partial charge in [-0.25, -0.2) is 4.98 Å². The van der Waals surface area contributed by atoms with Crippen LogP contribution in [0.4, 0.5) is 5.95 Å². The van der Waals surface area contributed by atoms with Gasteiger partial charge in [0.05, 0.1) is 24.1 Å². The number of aryl methyl sites for hydroxylation is 1. The first kappa shape index (κ1) is 18.3. The van der Waals surface area contributed by atoms with Crippen LogP contribution in [-0.2, 0) is 11.3 Å². The Kier molecular flexibility index (Phi) is 5.19. The van der Waals surface area contributed by atoms with Crippen LogP contribution >= 0.6 is 0 Å². The predicted octanol–water partition coefficient (Wildman–Crippen LogP) is 3.41. The van der Waals surface area contributed by atoms with E-state index in [1.165, 1.54) is 5.56 Å². The standard InChI is InChI=1S/C22H26N4O2/c1-15-8-9-19-20(11-15)25-22(24-19)26-10-4-6-17(14-26)21(27)23-13-16-5-3-7-18(12-16)28-2/h3,5,7-9,11-12,17H,4,6,10,13-14H2,1-2H3,(H,23,27)(H,24,25). The van der Waals surface area contributed by atoms with Crippen molar-refractivity contribution in [2.24, 2.45) is 5.92 Å². The molecule has 1 fully saturated rings. The summed E-state index contributed by atoms with van der Waals surface area (Å²) < 4.78 is 5.24. The molecule has 0 radical (unpaired) electrons. The van der Waals surface area contributed by atoms with E-state index in [0.29, 0.717) is 13.1 Å². The number of piperidine rings is 1. The summed E-state index contributed by atoms with van der Waals surface area (Å²) in [5, 5.41) is 3.07. The molecule has 1 saturated heterocycles. The Hall–Kier alpha value is -3.02. The molecule has 146 valence electrons. The number of nitrogens with one attached hydrogen (secondary N) is 2. The molecule has 1 aliphatic rings. The van der Waals surface area contributed by atoms with Crippen LogP contribution in [0.3, 0.4) is 0 Å². The Labute approximate surface area is 164 Å². The molecule has 1 unspecified atom stereocenters. The van der Waals surface area contributed by atoms with E-state index in [0.717, 1.165) is 47.7 Å². The number of rotatable bonds is 5. The number of hydrogen-bond donors (Lipinski definition) is 2. The second-order valence-electron chi connectivity index (χ2n) is 7.44. The Balaban J connectivity index is 1.40. The number of aromatic nitrogens is 2. The highest BCUT2D eigenvalue weighted by molar-refractivity contribution is 5.80. The zero-order valence-electron chi connectivity index (χ0n) is 16.4. The van der Waals surface area contributed by atoms with E-state index in [1.54, 1.807) is 7.11 Å². The number of aromatic amines is 1. The van der Waals surface area contributed by atoms with Gasteiger partial charge < -0.3 is 19.9 Å². The Morgan fingerprint density at radius 2 is 2.21 bits per heavy atom. The molecule has 0 bridgehead atoms. The van der Waals surface area contributed by atoms with Crippen molar-refractivity contribution >= 4 is 22.9 Å². The average Bonchev–Trinajstić information content (AvgIpc) is 3.15. The van der Waals surface area contributed by atoms with E-state index in [-0.39, 0.29) is 11.8 Å². The van der Waals surface area contributed by atoms with Gasteiger partial charge in [0.2, 0.25) is 11.9 Å². The fourth-order valence-corrected chi connectivity index (χ4v) is 3.76. The first-order chi connectivity index (χ1) is 13.6. The van der Waals surface area contributed by atoms with E-state index in [1.807, 2.05) is 30.3 Å². The number of methoxy groups -OCH3 is 1. The fraction of sp³-hybridized carbons (Fsp3) is 0.364. The molecule has 0 saturated carbocycles. The molecule has 1 aliphatic heterocycles. The highest BCUT2D eigenvalue weighted by Gasteiger charge is 2.27. The van der Waals surface area contributed by atoms with Gasteiger partial charge in [-0.3, -0.25) is 4.79 Å². The molecule has 1 aromatic heterocycles. The Morgan fingerprint density at radius 1 is 1.32 bits per heavy atom. The van der Waals surface area contributed by atoms with Gasteiger partial charge in [0.25, 0.3) is 0 Å². The van der Waals surface area contributed by atoms with Crippen LogP contribution < -0.4 is 15.0 Å². The number of hydrogen-bond acceptors (Lipinski definition) is 4. The molecule has 6 nitrogen and oxygen atoms in total. The summed E-state index contributed by atoms with van der Waals surface area (Å²) in [6.45, 7) is 4.18. The van der Waals surface area contributed by atoms with E-state index < -0.39 is 0 Å². The molecule has 2 N–H and O–H groups in total. The molecular formula is C22H26N4O2. The lowest BCUT2D eigenvalue weighted by atomic mass is 9.97. The molecule has 2 aromatic carbocycles. The molecule has 0 spiro atoms. The highest BCUT2D eigenvalue weighted by atomic mass is 16.5. The maximum absolute atomic E-state index is 12.7. The van der Waals surface area contributed by atoms with Gasteiger partial charge in [-0.15, -0.1) is 0 Å². The quantitative estimate of drug-likeness (QED) is 0.714. The normalized spacial score (nSPS) is 16.9. The lowest BCUT2D eigenvalue weighted by molar-refractivity contribution is -0.125. The number of nitrogens with zero attached hydrogens (tertiary/aromatic N) is 2. The van der Waals surface area contributed by atoms with Gasteiger partial charge in [0.1, 0.15) is 5.75 Å². The smallest absolute Gasteiger partial charge is 0.225 e. The van der Waals surface area contributed by atoms with E-state index in [4.69, 9.17) is 9.72 Å². The minimum Gasteiger partial charge on any atom is -0.497 e. The number of imidazole rings is 1. The predicted molar refractivity (Wildman–Crippen MR) is 111 cm³/mol. The second-order valence-corrected chi connectivity index (χ2v) is 7.44. The molecule has 1 amide bonds. The van der Waals surface area contributed by atoms with Crippen molar-refractivity contribution in [1.82, 2.24) is 15.3 Å². The van der Waals surface area contributed by atoms with Crippen LogP contribution in [0.1, 0.15) is 24.0 Å². The Morgan fingerprint density at radius 3 is 3.07 bits per heavy atom. The molecule has 0 aliphatic carbocycles. The summed E-state index contributed by atoms with van der Waals surface area (Å²) in [5.41, 5.74) is 4.24. The number of H-pyrrole nitrogens is 1. The summed E-state index contributed by atoms with van der Waals surface area (Å²) in [4.78, 5) is 23.0. The first-order valence-corrected chi connectivity index (χ1v) is 9.74. The number of carbonyl (C=O) groups is 1. The van der Waals surface area contributed by atoms with Crippen molar-refractivity contribution in [2.45, 2.75) is 26.3 Å². The summed E-state index contributed by atoms with van der Waals surface area (Å²) in [5.74, 6) is 1.72. The van der Waals surface area contributed by atoms with Crippen LogP contribution in [0.15, 0.2) is 42.5 Å². The number of anilines is 1. The summed E-state index contributed by atoms with van der Waals surface area (Å²) in [6, 6.07) is 14.0. The molecule has 4 rings (SSSR count). The first-order valence-electron chi connectivity index (χ1n) is 9.74. The van der Waals surface area contributed by atoms with E-state index in [2.05, 4.69) is 34.3 Å². The van der Waals surface area contributed by atoms with Gasteiger partial charge in [-0.1, -0.05) is 18.2 Å². The largest absolute Gasteiger partial charge is 0.497 e. The van der Waals surface area contributed by atoms with Crippen LogP contribution in [0, 0.1) is 12.8 Å². The van der Waals surface area contributed by atoms with Crippen molar-refractivity contribution in [1.29, 1.82) is 0 Å². The number of amides is 1. The zero-order valence-corrected chi connectivity index (χ0v) is 16.4. The summed E-state index contributed by atoms with van der Waals surface area (Å²) in [7, 11) is 1.65. The molecular weight excluding hydrogens is 352 g/mol. The van der Waals surface area contributed by atoms with E-state index in [9.17, 15) is 4.79 Å². The second kappa shape index (κ2) is 7.92. The maximum Gasteiger partial charge on any atom is 0.225 e. The number of benzene rings is 2. The third-order valence-corrected chi connectivity index (χ3v) is 5.32. The maximum atomic E-state index is 12.7. The average molecular weight is 378 g/mol. The minimum absolute atomic E-state index is 0.0330.